The number of rotatable bonds is 8. The summed E-state index contributed by atoms with van der Waals surface area (Å²) in [6, 6.07) is 0.748. The number of carbonyl (C=O) groups is 1. The van der Waals surface area contributed by atoms with Gasteiger partial charge >= 0.3 is 0 Å². The van der Waals surface area contributed by atoms with Crippen molar-refractivity contribution in [3.8, 4) is 0 Å². The van der Waals surface area contributed by atoms with E-state index in [1.54, 1.807) is 0 Å². The zero-order valence-electron chi connectivity index (χ0n) is 20.3. The van der Waals surface area contributed by atoms with E-state index < -0.39 is 0 Å². The first-order chi connectivity index (χ1) is 15.9. The van der Waals surface area contributed by atoms with Gasteiger partial charge in [-0.3, -0.25) is 14.6 Å². The van der Waals surface area contributed by atoms with Gasteiger partial charge in [0.2, 0.25) is 5.91 Å². The van der Waals surface area contributed by atoms with Gasteiger partial charge < -0.3 is 4.90 Å². The molecule has 1 saturated heterocycles. The minimum Gasteiger partial charge on any atom is -0.339 e. The molecule has 1 saturated carbocycles. The van der Waals surface area contributed by atoms with E-state index in [9.17, 15) is 9.28 Å². The maximum atomic E-state index is 14.9. The Morgan fingerprint density at radius 2 is 1.91 bits per heavy atom. The van der Waals surface area contributed by atoms with Crippen LogP contribution in [0.3, 0.4) is 0 Å². The SMILES string of the molecule is C/C=C\C(=C/C(C)S)CN(F)C1=C(S)CN(CC(=O)N2CCN(C3CCC3)CC2)CC1.C=C. The third-order valence-electron chi connectivity index (χ3n) is 6.44. The molecule has 3 aliphatic rings. The van der Waals surface area contributed by atoms with Crippen molar-refractivity contribution in [2.24, 2.45) is 0 Å². The first kappa shape index (κ1) is 28.0. The Kier molecular flexibility index (Phi) is 12.1. The van der Waals surface area contributed by atoms with E-state index in [1.165, 1.54) is 19.3 Å². The minimum absolute atomic E-state index is 0.0625. The van der Waals surface area contributed by atoms with Gasteiger partial charge in [-0.1, -0.05) is 29.1 Å². The van der Waals surface area contributed by atoms with E-state index in [1.807, 2.05) is 37.0 Å². The fourth-order valence-electron chi connectivity index (χ4n) is 4.51. The largest absolute Gasteiger partial charge is 0.339 e. The Morgan fingerprint density at radius 1 is 1.24 bits per heavy atom. The van der Waals surface area contributed by atoms with Gasteiger partial charge in [-0.25, -0.2) is 5.12 Å². The Balaban J connectivity index is 0.00000187. The molecule has 0 aromatic carbocycles. The predicted molar refractivity (Wildman–Crippen MR) is 143 cm³/mol. The Hall–Kier alpha value is -1.22. The molecule has 0 bridgehead atoms. The highest BCUT2D eigenvalue weighted by Gasteiger charge is 2.30. The number of allylic oxidation sites excluding steroid dienone is 1. The molecule has 8 heteroatoms. The summed E-state index contributed by atoms with van der Waals surface area (Å²) in [6.07, 6.45) is 10.3. The molecule has 1 atom stereocenters. The molecular formula is C25H41FN4OS2. The summed E-state index contributed by atoms with van der Waals surface area (Å²) >= 11 is 8.96. The summed E-state index contributed by atoms with van der Waals surface area (Å²) in [5, 5.41) is 0.857. The number of nitrogens with zero attached hydrogens (tertiary/aromatic N) is 4. The molecule has 186 valence electrons. The summed E-state index contributed by atoms with van der Waals surface area (Å²) in [4.78, 5) is 20.1. The van der Waals surface area contributed by atoms with Crippen molar-refractivity contribution in [1.82, 2.24) is 19.8 Å². The quantitative estimate of drug-likeness (QED) is 0.227. The molecule has 2 aliphatic heterocycles. The maximum absolute atomic E-state index is 14.9. The van der Waals surface area contributed by atoms with Crippen LogP contribution in [0.4, 0.5) is 4.48 Å². The Morgan fingerprint density at radius 3 is 2.42 bits per heavy atom. The highest BCUT2D eigenvalue weighted by molar-refractivity contribution is 7.84. The molecular weight excluding hydrogens is 455 g/mol. The van der Waals surface area contributed by atoms with Gasteiger partial charge in [0, 0.05) is 61.9 Å². The van der Waals surface area contributed by atoms with E-state index in [-0.39, 0.29) is 17.7 Å². The number of piperazine rings is 1. The monoisotopic (exact) mass is 496 g/mol. The van der Waals surface area contributed by atoms with Gasteiger partial charge in [0.05, 0.1) is 18.8 Å². The van der Waals surface area contributed by atoms with Crippen LogP contribution in [0, 0.1) is 0 Å². The Labute approximate surface area is 210 Å². The van der Waals surface area contributed by atoms with Crippen molar-refractivity contribution in [1.29, 1.82) is 0 Å². The lowest BCUT2D eigenvalue weighted by Crippen LogP contribution is -2.55. The van der Waals surface area contributed by atoms with Gasteiger partial charge in [0.15, 0.2) is 0 Å². The van der Waals surface area contributed by atoms with Crippen molar-refractivity contribution in [3.63, 3.8) is 0 Å². The minimum atomic E-state index is 0.0625. The predicted octanol–water partition coefficient (Wildman–Crippen LogP) is 4.34. The first-order valence-corrected chi connectivity index (χ1v) is 12.9. The molecule has 0 aromatic rings. The van der Waals surface area contributed by atoms with Crippen molar-refractivity contribution < 1.29 is 9.28 Å². The van der Waals surface area contributed by atoms with Crippen LogP contribution in [-0.4, -0.2) is 89.4 Å². The van der Waals surface area contributed by atoms with Crippen LogP contribution >= 0.6 is 25.3 Å². The molecule has 1 unspecified atom stereocenters. The molecule has 0 spiro atoms. The second-order valence-electron chi connectivity index (χ2n) is 8.86. The van der Waals surface area contributed by atoms with E-state index in [2.05, 4.69) is 48.2 Å². The summed E-state index contributed by atoms with van der Waals surface area (Å²) in [5.74, 6) is 0.177. The lowest BCUT2D eigenvalue weighted by atomic mass is 9.91. The average molecular weight is 497 g/mol. The third kappa shape index (κ3) is 8.50. The van der Waals surface area contributed by atoms with Crippen molar-refractivity contribution in [2.75, 3.05) is 52.4 Å². The molecule has 33 heavy (non-hydrogen) atoms. The standard InChI is InChI=1S/C23H37FN4OS2.C2H4/c1-3-5-19(14-18(2)30)15-28(24)21-8-9-25(16-22(21)31)17-23(29)27-12-10-26(11-13-27)20-6-4-7-20;1-2/h3,5,14,18,20,30-31H,4,6-13,15-17H2,1-2H3;1-2H2/b5-3-,19-14+;. The fourth-order valence-corrected chi connectivity index (χ4v) is 5.12. The van der Waals surface area contributed by atoms with Crippen LogP contribution in [0.2, 0.25) is 0 Å². The van der Waals surface area contributed by atoms with Crippen LogP contribution < -0.4 is 0 Å². The first-order valence-electron chi connectivity index (χ1n) is 12.0. The Bertz CT molecular complexity index is 728. The number of thiol groups is 2. The van der Waals surface area contributed by atoms with Gasteiger partial charge in [0.25, 0.3) is 0 Å². The van der Waals surface area contributed by atoms with E-state index in [4.69, 9.17) is 0 Å². The van der Waals surface area contributed by atoms with Gasteiger partial charge in [-0.2, -0.15) is 12.6 Å². The molecule has 3 rings (SSSR count). The third-order valence-corrected chi connectivity index (χ3v) is 6.99. The topological polar surface area (TPSA) is 30.0 Å². The van der Waals surface area contributed by atoms with Crippen LogP contribution in [0.15, 0.2) is 47.6 Å². The number of hydrogen-bond acceptors (Lipinski definition) is 6. The van der Waals surface area contributed by atoms with Crippen LogP contribution in [0.1, 0.15) is 39.5 Å². The van der Waals surface area contributed by atoms with Crippen LogP contribution in [-0.2, 0) is 4.79 Å². The van der Waals surface area contributed by atoms with Crippen LogP contribution in [0.25, 0.3) is 0 Å². The van der Waals surface area contributed by atoms with Gasteiger partial charge in [0.1, 0.15) is 0 Å². The maximum Gasteiger partial charge on any atom is 0.236 e. The van der Waals surface area contributed by atoms with E-state index in [0.717, 1.165) is 42.9 Å². The molecule has 1 amide bonds. The average Bonchev–Trinajstić information content (AvgIpc) is 2.74. The van der Waals surface area contributed by atoms with Crippen molar-refractivity contribution in [2.45, 2.75) is 50.8 Å². The summed E-state index contributed by atoms with van der Waals surface area (Å²) in [7, 11) is 0. The van der Waals surface area contributed by atoms with E-state index in [0.29, 0.717) is 36.7 Å². The zero-order valence-corrected chi connectivity index (χ0v) is 22.0. The van der Waals surface area contributed by atoms with Crippen molar-refractivity contribution in [3.05, 3.63) is 47.6 Å². The van der Waals surface area contributed by atoms with Gasteiger partial charge in [-0.05, 0) is 32.3 Å². The van der Waals surface area contributed by atoms with Crippen LogP contribution in [0.5, 0.6) is 0 Å². The zero-order chi connectivity index (χ0) is 24.4. The number of amides is 1. The smallest absolute Gasteiger partial charge is 0.236 e. The number of carbonyl (C=O) groups excluding carboxylic acids is 1. The highest BCUT2D eigenvalue weighted by atomic mass is 32.1. The molecule has 1 aliphatic carbocycles. The van der Waals surface area contributed by atoms with Gasteiger partial charge in [-0.15, -0.1) is 25.8 Å². The normalized spacial score (nSPS) is 22.1. The highest BCUT2D eigenvalue weighted by Crippen LogP contribution is 2.27. The number of hydrogen-bond donors (Lipinski definition) is 2. The summed E-state index contributed by atoms with van der Waals surface area (Å²) in [5.41, 5.74) is 1.50. The molecule has 0 radical (unpaired) electrons. The molecule has 2 fully saturated rings. The lowest BCUT2D eigenvalue weighted by Gasteiger charge is -2.43. The summed E-state index contributed by atoms with van der Waals surface area (Å²) < 4.78 is 14.9. The second kappa shape index (κ2) is 14.2. The number of halogens is 1. The summed E-state index contributed by atoms with van der Waals surface area (Å²) in [6.45, 7) is 15.2. The fraction of sp³-hybridized carbons (Fsp3) is 0.640. The lowest BCUT2D eigenvalue weighted by molar-refractivity contribution is -0.134. The van der Waals surface area contributed by atoms with Crippen molar-refractivity contribution >= 4 is 31.2 Å². The molecule has 0 aromatic heterocycles. The molecule has 2 heterocycles. The van der Waals surface area contributed by atoms with E-state index >= 15 is 0 Å². The molecule has 5 nitrogen and oxygen atoms in total. The molecule has 0 N–H and O–H groups in total. The second-order valence-corrected chi connectivity index (χ2v) is 10.2.